The molecule has 5 rings (SSSR count). The van der Waals surface area contributed by atoms with Gasteiger partial charge in [-0.05, 0) is 72.3 Å². The van der Waals surface area contributed by atoms with Crippen molar-refractivity contribution in [2.24, 2.45) is 0 Å². The molecular formula is C37H26ClF4N3O3S. The van der Waals surface area contributed by atoms with Gasteiger partial charge in [0.15, 0.2) is 0 Å². The summed E-state index contributed by atoms with van der Waals surface area (Å²) in [6.45, 7) is 0. The number of benzene rings is 5. The first kappa shape index (κ1) is 34.9. The van der Waals surface area contributed by atoms with Gasteiger partial charge in [-0.25, -0.2) is 4.39 Å². The molecule has 0 saturated carbocycles. The molecule has 0 heterocycles. The Balaban J connectivity index is 1.40. The van der Waals surface area contributed by atoms with E-state index in [0.29, 0.717) is 10.5 Å². The quantitative estimate of drug-likeness (QED) is 0.0769. The summed E-state index contributed by atoms with van der Waals surface area (Å²) in [5.74, 6) is -2.68. The van der Waals surface area contributed by atoms with Crippen molar-refractivity contribution in [1.82, 2.24) is 5.32 Å². The normalized spacial score (nSPS) is 12.1. The molecule has 0 aromatic heterocycles. The lowest BCUT2D eigenvalue weighted by atomic mass is 10.1. The van der Waals surface area contributed by atoms with Crippen molar-refractivity contribution in [3.63, 3.8) is 0 Å². The van der Waals surface area contributed by atoms with Crippen LogP contribution in [0, 0.1) is 5.82 Å². The number of carbonyl (C=O) groups excluding carboxylic acids is 3. The van der Waals surface area contributed by atoms with E-state index in [1.54, 1.807) is 84.9 Å². The highest BCUT2D eigenvalue weighted by Crippen LogP contribution is 2.38. The Morgan fingerprint density at radius 2 is 1.37 bits per heavy atom. The predicted octanol–water partition coefficient (Wildman–Crippen LogP) is 9.38. The van der Waals surface area contributed by atoms with Crippen LogP contribution in [0.25, 0.3) is 6.08 Å². The Morgan fingerprint density at radius 3 is 2.04 bits per heavy atom. The fraction of sp³-hybridized carbons (Fsp3) is 0.0541. The lowest BCUT2D eigenvalue weighted by Crippen LogP contribution is -2.30. The third-order valence-electron chi connectivity index (χ3n) is 6.96. The summed E-state index contributed by atoms with van der Waals surface area (Å²) in [4.78, 5) is 40.6. The van der Waals surface area contributed by atoms with Crippen molar-refractivity contribution >= 4 is 58.5 Å². The molecule has 3 N–H and O–H groups in total. The highest BCUT2D eigenvalue weighted by atomic mass is 35.5. The number of hydrogen-bond acceptors (Lipinski definition) is 4. The number of nitrogens with one attached hydrogen (secondary N) is 3. The van der Waals surface area contributed by atoms with Gasteiger partial charge >= 0.3 is 6.18 Å². The van der Waals surface area contributed by atoms with Crippen LogP contribution in [-0.4, -0.2) is 17.7 Å². The van der Waals surface area contributed by atoms with Crippen molar-refractivity contribution in [2.45, 2.75) is 16.3 Å². The summed E-state index contributed by atoms with van der Waals surface area (Å²) in [5, 5.41) is 6.93. The molecule has 1 unspecified atom stereocenters. The Morgan fingerprint density at radius 1 is 0.735 bits per heavy atom. The van der Waals surface area contributed by atoms with Crippen LogP contribution in [0.3, 0.4) is 0 Å². The van der Waals surface area contributed by atoms with E-state index in [2.05, 4.69) is 16.0 Å². The van der Waals surface area contributed by atoms with Crippen LogP contribution in [0.4, 0.5) is 28.9 Å². The number of thioether (sulfide) groups is 1. The van der Waals surface area contributed by atoms with Gasteiger partial charge in [-0.15, -0.1) is 11.8 Å². The molecule has 0 bridgehead atoms. The van der Waals surface area contributed by atoms with Crippen LogP contribution in [0.1, 0.15) is 32.3 Å². The number of rotatable bonds is 10. The maximum Gasteiger partial charge on any atom is 0.416 e. The summed E-state index contributed by atoms with van der Waals surface area (Å²) < 4.78 is 54.5. The maximum absolute atomic E-state index is 14.7. The molecule has 49 heavy (non-hydrogen) atoms. The molecule has 0 aliphatic heterocycles. The van der Waals surface area contributed by atoms with Gasteiger partial charge in [-0.3, -0.25) is 14.4 Å². The topological polar surface area (TPSA) is 87.3 Å². The van der Waals surface area contributed by atoms with Crippen molar-refractivity contribution in [1.29, 1.82) is 0 Å². The fourth-order valence-electron chi connectivity index (χ4n) is 4.60. The zero-order valence-electron chi connectivity index (χ0n) is 25.3. The van der Waals surface area contributed by atoms with Crippen LogP contribution in [0.2, 0.25) is 5.02 Å². The highest BCUT2D eigenvalue weighted by molar-refractivity contribution is 8.00. The largest absolute Gasteiger partial charge is 0.416 e. The van der Waals surface area contributed by atoms with E-state index in [9.17, 15) is 31.9 Å². The van der Waals surface area contributed by atoms with Crippen LogP contribution < -0.4 is 16.0 Å². The monoisotopic (exact) mass is 703 g/mol. The van der Waals surface area contributed by atoms with Crippen molar-refractivity contribution in [3.05, 3.63) is 166 Å². The smallest absolute Gasteiger partial charge is 0.325 e. The van der Waals surface area contributed by atoms with Gasteiger partial charge < -0.3 is 16.0 Å². The number of carbonyl (C=O) groups is 3. The zero-order valence-corrected chi connectivity index (χ0v) is 26.9. The maximum atomic E-state index is 14.7. The van der Waals surface area contributed by atoms with Crippen molar-refractivity contribution in [2.75, 3.05) is 10.6 Å². The minimum absolute atomic E-state index is 0.0193. The summed E-state index contributed by atoms with van der Waals surface area (Å²) in [6.07, 6.45) is -3.45. The molecule has 5 aromatic carbocycles. The van der Waals surface area contributed by atoms with Crippen LogP contribution in [0.15, 0.2) is 138 Å². The number of anilines is 2. The van der Waals surface area contributed by atoms with E-state index in [0.717, 1.165) is 30.0 Å². The molecule has 12 heteroatoms. The molecule has 0 radical (unpaired) electrons. The lowest BCUT2D eigenvalue weighted by Gasteiger charge is -2.18. The number of amides is 3. The highest BCUT2D eigenvalue weighted by Gasteiger charge is 2.31. The predicted molar refractivity (Wildman–Crippen MR) is 183 cm³/mol. The Labute approximate surface area is 288 Å². The van der Waals surface area contributed by atoms with Gasteiger partial charge in [0, 0.05) is 27.4 Å². The van der Waals surface area contributed by atoms with E-state index < -0.39 is 40.5 Å². The summed E-state index contributed by atoms with van der Waals surface area (Å²) in [6, 6.07) is 31.6. The molecular weight excluding hydrogens is 678 g/mol. The second kappa shape index (κ2) is 15.7. The minimum Gasteiger partial charge on any atom is -0.325 e. The fourth-order valence-corrected chi connectivity index (χ4v) is 5.90. The summed E-state index contributed by atoms with van der Waals surface area (Å²) in [5.41, 5.74) is -0.195. The Kier molecular flexibility index (Phi) is 11.2. The minimum atomic E-state index is -4.58. The molecule has 0 spiro atoms. The molecule has 1 atom stereocenters. The first-order chi connectivity index (χ1) is 23.5. The van der Waals surface area contributed by atoms with Crippen LogP contribution in [-0.2, 0) is 15.8 Å². The van der Waals surface area contributed by atoms with Gasteiger partial charge in [-0.2, -0.15) is 13.2 Å². The van der Waals surface area contributed by atoms with Gasteiger partial charge in [0.2, 0.25) is 5.91 Å². The van der Waals surface area contributed by atoms with Gasteiger partial charge in [0.05, 0.1) is 10.6 Å². The Bertz CT molecular complexity index is 1990. The molecule has 0 aliphatic carbocycles. The summed E-state index contributed by atoms with van der Waals surface area (Å²) in [7, 11) is 0. The molecule has 0 fully saturated rings. The van der Waals surface area contributed by atoms with Gasteiger partial charge in [0.1, 0.15) is 16.8 Å². The van der Waals surface area contributed by atoms with E-state index >= 15 is 0 Å². The van der Waals surface area contributed by atoms with E-state index in [1.165, 1.54) is 30.3 Å². The average Bonchev–Trinajstić information content (AvgIpc) is 3.09. The first-order valence-corrected chi connectivity index (χ1v) is 15.9. The van der Waals surface area contributed by atoms with E-state index in [4.69, 9.17) is 11.6 Å². The molecule has 3 amide bonds. The van der Waals surface area contributed by atoms with E-state index in [1.807, 2.05) is 0 Å². The van der Waals surface area contributed by atoms with Crippen molar-refractivity contribution < 1.29 is 31.9 Å². The van der Waals surface area contributed by atoms with Gasteiger partial charge in [-0.1, -0.05) is 78.3 Å². The van der Waals surface area contributed by atoms with Crippen LogP contribution >= 0.6 is 23.4 Å². The van der Waals surface area contributed by atoms with Crippen LogP contribution in [0.5, 0.6) is 0 Å². The second-order valence-electron chi connectivity index (χ2n) is 10.5. The standard InChI is InChI=1S/C37H26ClF4N3O3S/c38-30-18-9-19-31(39)29(30)22-32(45-34(46)24-12-5-2-6-13-24)35(47)43-27-16-8-17-28(21-27)49-33(23-10-3-1-4-11-23)36(48)44-26-15-7-14-25(20-26)37(40,41)42/h1-22,33H,(H,43,47)(H,44,48)(H,45,46)/b32-22+. The molecule has 5 aromatic rings. The molecule has 248 valence electrons. The molecule has 0 saturated heterocycles. The number of halogens is 5. The Hall–Kier alpha value is -5.39. The third kappa shape index (κ3) is 9.37. The number of hydrogen-bond donors (Lipinski definition) is 3. The average molecular weight is 704 g/mol. The zero-order chi connectivity index (χ0) is 35.0. The van der Waals surface area contributed by atoms with Crippen molar-refractivity contribution in [3.8, 4) is 0 Å². The molecule has 6 nitrogen and oxygen atoms in total. The molecule has 0 aliphatic rings. The SMILES string of the molecule is O=C(Nc1cccc(SC(C(=O)Nc2cccc(C(F)(F)F)c2)c2ccccc2)c1)/C(=C\c1c(F)cccc1Cl)NC(=O)c1ccccc1. The third-order valence-corrected chi connectivity index (χ3v) is 8.54. The first-order valence-electron chi connectivity index (χ1n) is 14.6. The van der Waals surface area contributed by atoms with Gasteiger partial charge in [0.25, 0.3) is 11.8 Å². The second-order valence-corrected chi connectivity index (χ2v) is 12.1. The van der Waals surface area contributed by atoms with E-state index in [-0.39, 0.29) is 33.2 Å². The summed E-state index contributed by atoms with van der Waals surface area (Å²) >= 11 is 7.31. The number of alkyl halides is 3. The lowest BCUT2D eigenvalue weighted by molar-refractivity contribution is -0.137.